The highest BCUT2D eigenvalue weighted by molar-refractivity contribution is 5.16. The van der Waals surface area contributed by atoms with E-state index in [0.29, 0.717) is 11.6 Å². The Bertz CT molecular complexity index is 300. The molecule has 1 aliphatic rings. The van der Waals surface area contributed by atoms with Gasteiger partial charge in [-0.2, -0.15) is 18.3 Å². The van der Waals surface area contributed by atoms with Crippen molar-refractivity contribution < 1.29 is 13.2 Å². The lowest BCUT2D eigenvalue weighted by molar-refractivity contribution is -0.141. The molecule has 0 atom stereocenters. The maximum Gasteiger partial charge on any atom is 0.435 e. The van der Waals surface area contributed by atoms with Gasteiger partial charge in [0.2, 0.25) is 0 Å². The lowest BCUT2D eigenvalue weighted by Gasteiger charge is -2.04. The molecule has 0 radical (unpaired) electrons. The normalized spacial score (nSPS) is 17.5. The number of hydrogen-bond donors (Lipinski definition) is 0. The second-order valence-electron chi connectivity index (χ2n) is 3.12. The van der Waals surface area contributed by atoms with Crippen LogP contribution in [0.2, 0.25) is 0 Å². The quantitative estimate of drug-likeness (QED) is 0.676. The Labute approximate surface area is 72.8 Å². The number of hydrogen-bond acceptors (Lipinski definition) is 2. The molecule has 1 heterocycles. The van der Waals surface area contributed by atoms with Crippen LogP contribution < -0.4 is 0 Å². The van der Waals surface area contributed by atoms with Crippen molar-refractivity contribution in [3.05, 3.63) is 23.5 Å². The summed E-state index contributed by atoms with van der Waals surface area (Å²) < 4.78 is 36.1. The zero-order valence-corrected chi connectivity index (χ0v) is 6.67. The predicted octanol–water partition coefficient (Wildman–Crippen LogP) is 2.37. The van der Waals surface area contributed by atoms with E-state index in [-0.39, 0.29) is 0 Å². The van der Waals surface area contributed by atoms with Gasteiger partial charge in [-0.25, -0.2) is 0 Å². The molecule has 0 aromatic carbocycles. The summed E-state index contributed by atoms with van der Waals surface area (Å²) in [4.78, 5) is 0. The van der Waals surface area contributed by atoms with E-state index in [1.807, 2.05) is 0 Å². The summed E-state index contributed by atoms with van der Waals surface area (Å²) in [6.07, 6.45) is -2.35. The van der Waals surface area contributed by atoms with E-state index in [4.69, 9.17) is 0 Å². The van der Waals surface area contributed by atoms with Crippen molar-refractivity contribution in [1.29, 1.82) is 0 Å². The minimum Gasteiger partial charge on any atom is -0.164 e. The zero-order chi connectivity index (χ0) is 9.47. The van der Waals surface area contributed by atoms with Crippen LogP contribution in [0.3, 0.4) is 0 Å². The fourth-order valence-corrected chi connectivity index (χ4v) is 1.09. The fraction of sp³-hybridized carbons (Fsp3) is 0.500. The summed E-state index contributed by atoms with van der Waals surface area (Å²) in [5, 5.41) is 6.67. The Morgan fingerprint density at radius 3 is 2.23 bits per heavy atom. The second-order valence-corrected chi connectivity index (χ2v) is 3.12. The van der Waals surface area contributed by atoms with Gasteiger partial charge in [0, 0.05) is 5.92 Å². The van der Waals surface area contributed by atoms with Gasteiger partial charge < -0.3 is 0 Å². The zero-order valence-electron chi connectivity index (χ0n) is 6.67. The fourth-order valence-electron chi connectivity index (χ4n) is 1.09. The molecular formula is C8H7F3N2. The molecule has 70 valence electrons. The van der Waals surface area contributed by atoms with Gasteiger partial charge in [0.15, 0.2) is 5.69 Å². The smallest absolute Gasteiger partial charge is 0.164 e. The standard InChI is InChI=1S/C8H7F3N2/c9-8(10,11)7-4-3-6(12-13-7)5-1-2-5/h3-5H,1-2H2. The van der Waals surface area contributed by atoms with Gasteiger partial charge >= 0.3 is 6.18 Å². The molecule has 5 heteroatoms. The summed E-state index contributed by atoms with van der Waals surface area (Å²) >= 11 is 0. The van der Waals surface area contributed by atoms with Crippen LogP contribution in [0.15, 0.2) is 12.1 Å². The molecule has 1 saturated carbocycles. The summed E-state index contributed by atoms with van der Waals surface area (Å²) in [7, 11) is 0. The highest BCUT2D eigenvalue weighted by Crippen LogP contribution is 2.39. The molecule has 2 rings (SSSR count). The van der Waals surface area contributed by atoms with Crippen LogP contribution in [-0.4, -0.2) is 10.2 Å². The van der Waals surface area contributed by atoms with Crippen LogP contribution in [0.4, 0.5) is 13.2 Å². The first kappa shape index (κ1) is 8.47. The van der Waals surface area contributed by atoms with E-state index >= 15 is 0 Å². The SMILES string of the molecule is FC(F)(F)c1ccc(C2CC2)nn1. The predicted molar refractivity (Wildman–Crippen MR) is 39.0 cm³/mol. The van der Waals surface area contributed by atoms with Gasteiger partial charge in [0.25, 0.3) is 0 Å². The Morgan fingerprint density at radius 1 is 1.15 bits per heavy atom. The van der Waals surface area contributed by atoms with Crippen LogP contribution in [0.1, 0.15) is 30.1 Å². The van der Waals surface area contributed by atoms with Gasteiger partial charge in [0.1, 0.15) is 0 Å². The maximum atomic E-state index is 12.0. The van der Waals surface area contributed by atoms with Crippen molar-refractivity contribution >= 4 is 0 Å². The third kappa shape index (κ3) is 1.79. The van der Waals surface area contributed by atoms with Crippen molar-refractivity contribution in [2.24, 2.45) is 0 Å². The van der Waals surface area contributed by atoms with Gasteiger partial charge in [-0.1, -0.05) is 0 Å². The van der Waals surface area contributed by atoms with E-state index in [9.17, 15) is 13.2 Å². The first-order valence-corrected chi connectivity index (χ1v) is 3.98. The first-order chi connectivity index (χ1) is 6.07. The number of rotatable bonds is 1. The number of nitrogens with zero attached hydrogens (tertiary/aromatic N) is 2. The molecule has 2 nitrogen and oxygen atoms in total. The van der Waals surface area contributed by atoms with E-state index in [1.54, 1.807) is 0 Å². The van der Waals surface area contributed by atoms with Gasteiger partial charge in [-0.05, 0) is 25.0 Å². The molecule has 0 aliphatic heterocycles. The molecule has 13 heavy (non-hydrogen) atoms. The molecule has 0 saturated heterocycles. The monoisotopic (exact) mass is 188 g/mol. The first-order valence-electron chi connectivity index (χ1n) is 3.98. The molecule has 0 amide bonds. The number of halogens is 3. The molecule has 1 aromatic rings. The topological polar surface area (TPSA) is 25.8 Å². The van der Waals surface area contributed by atoms with E-state index in [1.165, 1.54) is 6.07 Å². The highest BCUT2D eigenvalue weighted by atomic mass is 19.4. The number of alkyl halides is 3. The molecule has 0 bridgehead atoms. The van der Waals surface area contributed by atoms with Gasteiger partial charge in [-0.15, -0.1) is 5.10 Å². The summed E-state index contributed by atoms with van der Waals surface area (Å²) in [6.45, 7) is 0. The largest absolute Gasteiger partial charge is 0.435 e. The van der Waals surface area contributed by atoms with Crippen LogP contribution in [0.5, 0.6) is 0 Å². The third-order valence-electron chi connectivity index (χ3n) is 1.97. The maximum absolute atomic E-state index is 12.0. The van der Waals surface area contributed by atoms with Crippen molar-refractivity contribution in [1.82, 2.24) is 10.2 Å². The Kier molecular flexibility index (Phi) is 1.75. The van der Waals surface area contributed by atoms with Crippen molar-refractivity contribution in [3.63, 3.8) is 0 Å². The molecule has 0 spiro atoms. The second kappa shape index (κ2) is 2.68. The molecule has 0 N–H and O–H groups in total. The minimum atomic E-state index is -4.38. The summed E-state index contributed by atoms with van der Waals surface area (Å²) in [6, 6.07) is 2.40. The Balaban J connectivity index is 2.22. The van der Waals surface area contributed by atoms with Crippen molar-refractivity contribution in [2.45, 2.75) is 24.9 Å². The lowest BCUT2D eigenvalue weighted by atomic mass is 10.2. The molecule has 1 aromatic heterocycles. The van der Waals surface area contributed by atoms with Gasteiger partial charge in [-0.3, -0.25) is 0 Å². The van der Waals surface area contributed by atoms with E-state index in [2.05, 4.69) is 10.2 Å². The van der Waals surface area contributed by atoms with Crippen LogP contribution in [0.25, 0.3) is 0 Å². The minimum absolute atomic E-state index is 0.342. The average Bonchev–Trinajstić information content (AvgIpc) is 2.85. The number of aromatic nitrogens is 2. The lowest BCUT2D eigenvalue weighted by Crippen LogP contribution is -2.09. The summed E-state index contributed by atoms with van der Waals surface area (Å²) in [5.41, 5.74) is -0.245. The Hall–Kier alpha value is -1.13. The van der Waals surface area contributed by atoms with E-state index < -0.39 is 11.9 Å². The van der Waals surface area contributed by atoms with E-state index in [0.717, 1.165) is 18.9 Å². The summed E-state index contributed by atoms with van der Waals surface area (Å²) in [5.74, 6) is 0.342. The van der Waals surface area contributed by atoms with Crippen LogP contribution in [0, 0.1) is 0 Å². The molecule has 0 unspecified atom stereocenters. The highest BCUT2D eigenvalue weighted by Gasteiger charge is 2.34. The molecular weight excluding hydrogens is 181 g/mol. The average molecular weight is 188 g/mol. The molecule has 1 fully saturated rings. The van der Waals surface area contributed by atoms with Crippen molar-refractivity contribution in [3.8, 4) is 0 Å². The van der Waals surface area contributed by atoms with Crippen molar-refractivity contribution in [2.75, 3.05) is 0 Å². The van der Waals surface area contributed by atoms with Gasteiger partial charge in [0.05, 0.1) is 5.69 Å². The van der Waals surface area contributed by atoms with Crippen LogP contribution in [-0.2, 0) is 6.18 Å². The van der Waals surface area contributed by atoms with Crippen LogP contribution >= 0.6 is 0 Å². The third-order valence-corrected chi connectivity index (χ3v) is 1.97. The molecule has 1 aliphatic carbocycles. The Morgan fingerprint density at radius 2 is 1.85 bits per heavy atom.